The Morgan fingerprint density at radius 2 is 2.18 bits per heavy atom. The molecule has 28 heavy (non-hydrogen) atoms. The van der Waals surface area contributed by atoms with Gasteiger partial charge in [0, 0.05) is 22.3 Å². The van der Waals surface area contributed by atoms with Gasteiger partial charge in [-0.2, -0.15) is 5.10 Å². The van der Waals surface area contributed by atoms with Crippen molar-refractivity contribution >= 4 is 39.9 Å². The summed E-state index contributed by atoms with van der Waals surface area (Å²) in [7, 11) is 0. The van der Waals surface area contributed by atoms with Crippen LogP contribution in [0.2, 0.25) is 0 Å². The Bertz CT molecular complexity index is 1140. The Kier molecular flexibility index (Phi) is 4.40. The number of aliphatic hydroxyl groups is 1. The first-order valence-electron chi connectivity index (χ1n) is 8.69. The number of amides is 1. The van der Waals surface area contributed by atoms with Crippen LogP contribution in [0.5, 0.6) is 0 Å². The number of nitrogens with two attached hydrogens (primary N) is 1. The van der Waals surface area contributed by atoms with Gasteiger partial charge in [-0.1, -0.05) is 0 Å². The molecule has 0 unspecified atom stereocenters. The Morgan fingerprint density at radius 1 is 1.36 bits per heavy atom. The molecule has 3 aromatic heterocycles. The van der Waals surface area contributed by atoms with E-state index in [4.69, 9.17) is 5.73 Å². The number of thiophene rings is 1. The second-order valence-corrected chi connectivity index (χ2v) is 8.27. The topological polar surface area (TPSA) is 122 Å². The molecule has 0 saturated carbocycles. The SMILES string of the molecule is CC(C)(O)Cn1c(NC(=O)c2ccc(-c3cn[nH]c3)s2)nc2cc(N)ccc21. The minimum atomic E-state index is -0.980. The summed E-state index contributed by atoms with van der Waals surface area (Å²) in [5, 5.41) is 19.9. The molecule has 144 valence electrons. The minimum Gasteiger partial charge on any atom is -0.399 e. The second-order valence-electron chi connectivity index (χ2n) is 7.19. The van der Waals surface area contributed by atoms with Gasteiger partial charge in [0.1, 0.15) is 0 Å². The highest BCUT2D eigenvalue weighted by Crippen LogP contribution is 2.29. The van der Waals surface area contributed by atoms with Crippen molar-refractivity contribution in [1.82, 2.24) is 19.7 Å². The highest BCUT2D eigenvalue weighted by molar-refractivity contribution is 7.17. The summed E-state index contributed by atoms with van der Waals surface area (Å²) in [6.45, 7) is 3.68. The fraction of sp³-hybridized carbons (Fsp3) is 0.211. The zero-order valence-electron chi connectivity index (χ0n) is 15.4. The molecule has 0 saturated heterocycles. The monoisotopic (exact) mass is 396 g/mol. The zero-order valence-corrected chi connectivity index (χ0v) is 16.2. The number of benzene rings is 1. The maximum absolute atomic E-state index is 12.8. The molecule has 5 N–H and O–H groups in total. The molecule has 8 nitrogen and oxygen atoms in total. The number of H-pyrrole nitrogens is 1. The number of aromatic amines is 1. The van der Waals surface area contributed by atoms with Gasteiger partial charge in [0.2, 0.25) is 5.95 Å². The first-order valence-corrected chi connectivity index (χ1v) is 9.50. The van der Waals surface area contributed by atoms with E-state index >= 15 is 0 Å². The van der Waals surface area contributed by atoms with Crippen molar-refractivity contribution in [3.63, 3.8) is 0 Å². The van der Waals surface area contributed by atoms with Crippen molar-refractivity contribution in [2.75, 3.05) is 11.1 Å². The molecule has 0 aliphatic carbocycles. The first-order chi connectivity index (χ1) is 13.3. The minimum absolute atomic E-state index is 0.264. The summed E-state index contributed by atoms with van der Waals surface area (Å²) >= 11 is 1.37. The van der Waals surface area contributed by atoms with Crippen LogP contribution in [0.1, 0.15) is 23.5 Å². The lowest BCUT2D eigenvalue weighted by molar-refractivity contribution is 0.0630. The number of carbonyl (C=O) groups is 1. The summed E-state index contributed by atoms with van der Waals surface area (Å²) in [4.78, 5) is 18.8. The van der Waals surface area contributed by atoms with Crippen molar-refractivity contribution in [3.05, 3.63) is 47.6 Å². The van der Waals surface area contributed by atoms with E-state index in [1.807, 2.05) is 12.1 Å². The van der Waals surface area contributed by atoms with Crippen molar-refractivity contribution in [2.45, 2.75) is 26.0 Å². The molecule has 0 atom stereocenters. The van der Waals surface area contributed by atoms with Crippen LogP contribution in [-0.4, -0.2) is 36.4 Å². The van der Waals surface area contributed by atoms with E-state index in [9.17, 15) is 9.90 Å². The fourth-order valence-electron chi connectivity index (χ4n) is 2.95. The fourth-order valence-corrected chi connectivity index (χ4v) is 3.84. The molecule has 4 rings (SSSR count). The Hall–Kier alpha value is -3.17. The predicted octanol–water partition coefficient (Wildman–Crippen LogP) is 3.09. The Labute approximate surface area is 165 Å². The number of anilines is 2. The van der Waals surface area contributed by atoms with Gasteiger partial charge >= 0.3 is 0 Å². The molecular weight excluding hydrogens is 376 g/mol. The quantitative estimate of drug-likeness (QED) is 0.386. The lowest BCUT2D eigenvalue weighted by Gasteiger charge is -2.20. The smallest absolute Gasteiger partial charge is 0.268 e. The van der Waals surface area contributed by atoms with E-state index in [2.05, 4.69) is 20.5 Å². The number of imidazole rings is 1. The van der Waals surface area contributed by atoms with Crippen LogP contribution < -0.4 is 11.1 Å². The number of hydrogen-bond acceptors (Lipinski definition) is 6. The molecule has 1 aromatic carbocycles. The molecular formula is C19H20N6O2S. The van der Waals surface area contributed by atoms with Gasteiger partial charge in [-0.15, -0.1) is 11.3 Å². The molecule has 0 fully saturated rings. The molecule has 4 aromatic rings. The number of carbonyl (C=O) groups excluding carboxylic acids is 1. The van der Waals surface area contributed by atoms with Crippen LogP contribution in [-0.2, 0) is 6.54 Å². The number of nitrogens with one attached hydrogen (secondary N) is 2. The molecule has 3 heterocycles. The predicted molar refractivity (Wildman–Crippen MR) is 110 cm³/mol. The molecule has 0 radical (unpaired) electrons. The van der Waals surface area contributed by atoms with Crippen LogP contribution in [0.3, 0.4) is 0 Å². The van der Waals surface area contributed by atoms with Gasteiger partial charge in [-0.25, -0.2) is 4.98 Å². The Balaban J connectivity index is 1.67. The molecule has 9 heteroatoms. The van der Waals surface area contributed by atoms with E-state index in [1.165, 1.54) is 11.3 Å². The average molecular weight is 396 g/mol. The van der Waals surface area contributed by atoms with Gasteiger partial charge in [-0.3, -0.25) is 15.2 Å². The molecule has 0 bridgehead atoms. The van der Waals surface area contributed by atoms with Crippen molar-refractivity contribution < 1.29 is 9.90 Å². The third-order valence-electron chi connectivity index (χ3n) is 4.16. The van der Waals surface area contributed by atoms with Crippen molar-refractivity contribution in [1.29, 1.82) is 0 Å². The lowest BCUT2D eigenvalue weighted by Crippen LogP contribution is -2.27. The summed E-state index contributed by atoms with van der Waals surface area (Å²) in [5.74, 6) is 0.103. The van der Waals surface area contributed by atoms with E-state index in [0.717, 1.165) is 16.0 Å². The number of nitrogens with zero attached hydrogens (tertiary/aromatic N) is 3. The highest BCUT2D eigenvalue weighted by atomic mass is 32.1. The van der Waals surface area contributed by atoms with E-state index in [1.54, 1.807) is 49.0 Å². The van der Waals surface area contributed by atoms with Gasteiger partial charge in [0.15, 0.2) is 0 Å². The maximum Gasteiger partial charge on any atom is 0.268 e. The van der Waals surface area contributed by atoms with Gasteiger partial charge < -0.3 is 15.4 Å². The summed E-state index contributed by atoms with van der Waals surface area (Å²) in [6, 6.07) is 9.00. The summed E-state index contributed by atoms with van der Waals surface area (Å²) < 4.78 is 1.79. The maximum atomic E-state index is 12.8. The number of hydrogen-bond donors (Lipinski definition) is 4. The van der Waals surface area contributed by atoms with E-state index in [0.29, 0.717) is 22.0 Å². The standard InChI is InChI=1S/C19H20N6O2S/c1-19(2,27)10-25-14-4-3-12(20)7-13(14)23-18(25)24-17(26)16-6-5-15(28-16)11-8-21-22-9-11/h3-9,27H,10,20H2,1-2H3,(H,21,22)(H,23,24,26). The number of aromatic nitrogens is 4. The average Bonchev–Trinajstić information content (AvgIpc) is 3.33. The van der Waals surface area contributed by atoms with Crippen LogP contribution in [0, 0.1) is 0 Å². The van der Waals surface area contributed by atoms with Gasteiger partial charge in [-0.05, 0) is 44.2 Å². The number of fused-ring (bicyclic) bond motifs is 1. The third kappa shape index (κ3) is 3.62. The number of nitrogen functional groups attached to an aromatic ring is 1. The lowest BCUT2D eigenvalue weighted by atomic mass is 10.1. The molecule has 1 amide bonds. The largest absolute Gasteiger partial charge is 0.399 e. The third-order valence-corrected chi connectivity index (χ3v) is 5.29. The first kappa shape index (κ1) is 18.2. The normalized spacial score (nSPS) is 11.8. The number of rotatable bonds is 5. The summed E-state index contributed by atoms with van der Waals surface area (Å²) in [6.07, 6.45) is 3.49. The van der Waals surface area contributed by atoms with Crippen molar-refractivity contribution in [3.8, 4) is 10.4 Å². The van der Waals surface area contributed by atoms with Gasteiger partial charge in [0.05, 0.1) is 34.3 Å². The van der Waals surface area contributed by atoms with Crippen LogP contribution in [0.25, 0.3) is 21.5 Å². The summed E-state index contributed by atoms with van der Waals surface area (Å²) in [5.41, 5.74) is 7.84. The van der Waals surface area contributed by atoms with Crippen molar-refractivity contribution in [2.24, 2.45) is 0 Å². The van der Waals surface area contributed by atoms with E-state index < -0.39 is 5.60 Å². The second kappa shape index (κ2) is 6.77. The zero-order chi connectivity index (χ0) is 19.9. The van der Waals surface area contributed by atoms with Crippen LogP contribution in [0.15, 0.2) is 42.7 Å². The van der Waals surface area contributed by atoms with Crippen LogP contribution in [0.4, 0.5) is 11.6 Å². The van der Waals surface area contributed by atoms with Gasteiger partial charge in [0.25, 0.3) is 5.91 Å². The van der Waals surface area contributed by atoms with E-state index in [-0.39, 0.29) is 12.5 Å². The van der Waals surface area contributed by atoms with Crippen LogP contribution >= 0.6 is 11.3 Å². The molecule has 0 spiro atoms. The molecule has 0 aliphatic rings. The molecule has 0 aliphatic heterocycles. The Morgan fingerprint density at radius 3 is 2.89 bits per heavy atom. The highest BCUT2D eigenvalue weighted by Gasteiger charge is 2.21.